The van der Waals surface area contributed by atoms with E-state index >= 15 is 0 Å². The number of amides is 1. The van der Waals surface area contributed by atoms with E-state index in [0.29, 0.717) is 12.0 Å². The Kier molecular flexibility index (Phi) is 5.90. The number of carbonyl (C=O) groups is 2. The lowest BCUT2D eigenvalue weighted by molar-refractivity contribution is -0.135. The second-order valence-corrected chi connectivity index (χ2v) is 10.2. The van der Waals surface area contributed by atoms with E-state index in [2.05, 4.69) is 39.1 Å². The van der Waals surface area contributed by atoms with Crippen LogP contribution in [0.4, 0.5) is 5.69 Å². The lowest BCUT2D eigenvalue weighted by Crippen LogP contribution is -2.44. The standard InChI is InChI=1S/C28H32N4O3/c1-18-26(32(28(34)27(18)33)23-10-11-24-25(16-23)30-17-29-24)21-4-2-19(3-5-21)20-6-8-22(9-7-20)31-12-14-35-15-13-31/h2-5,10-11,16-18,20,22,26H,6-9,12-15H2,1H3,(H,29,30). The number of hydrogen-bond acceptors (Lipinski definition) is 5. The average molecular weight is 473 g/mol. The first-order chi connectivity index (χ1) is 17.1. The summed E-state index contributed by atoms with van der Waals surface area (Å²) in [5, 5.41) is 0. The van der Waals surface area contributed by atoms with Crippen molar-refractivity contribution in [3.8, 4) is 0 Å². The van der Waals surface area contributed by atoms with Gasteiger partial charge in [0.15, 0.2) is 0 Å². The molecule has 35 heavy (non-hydrogen) atoms. The summed E-state index contributed by atoms with van der Waals surface area (Å²) in [4.78, 5) is 37.4. The third-order valence-electron chi connectivity index (χ3n) is 8.29. The number of ether oxygens (including phenoxy) is 1. The van der Waals surface area contributed by atoms with E-state index in [1.54, 1.807) is 11.2 Å². The number of nitrogens with one attached hydrogen (secondary N) is 1. The maximum Gasteiger partial charge on any atom is 0.295 e. The van der Waals surface area contributed by atoms with Gasteiger partial charge in [0.25, 0.3) is 5.91 Å². The number of aromatic amines is 1. The van der Waals surface area contributed by atoms with Gasteiger partial charge in [-0.25, -0.2) is 4.98 Å². The molecule has 6 rings (SSSR count). The van der Waals surface area contributed by atoms with E-state index in [4.69, 9.17) is 4.74 Å². The topological polar surface area (TPSA) is 78.5 Å². The Morgan fingerprint density at radius 3 is 2.40 bits per heavy atom. The third kappa shape index (κ3) is 4.06. The lowest BCUT2D eigenvalue weighted by atomic mass is 9.80. The largest absolute Gasteiger partial charge is 0.379 e. The Morgan fingerprint density at radius 2 is 1.66 bits per heavy atom. The summed E-state index contributed by atoms with van der Waals surface area (Å²) in [5.74, 6) is -0.587. The molecule has 3 aliphatic rings. The van der Waals surface area contributed by atoms with E-state index in [1.165, 1.54) is 31.2 Å². The number of fused-ring (bicyclic) bond motifs is 1. The number of ketones is 1. The van der Waals surface area contributed by atoms with Crippen LogP contribution in [0.3, 0.4) is 0 Å². The van der Waals surface area contributed by atoms with Crippen molar-refractivity contribution >= 4 is 28.4 Å². The molecule has 2 aromatic carbocycles. The number of hydrogen-bond donors (Lipinski definition) is 1. The second kappa shape index (κ2) is 9.21. The van der Waals surface area contributed by atoms with Crippen LogP contribution in [0.1, 0.15) is 55.7 Å². The zero-order valence-corrected chi connectivity index (χ0v) is 20.2. The number of aromatic nitrogens is 2. The molecule has 1 aromatic heterocycles. The number of rotatable bonds is 4. The summed E-state index contributed by atoms with van der Waals surface area (Å²) in [6.45, 7) is 5.70. The number of morpholine rings is 1. The molecule has 182 valence electrons. The molecule has 1 amide bonds. The molecule has 2 aliphatic heterocycles. The van der Waals surface area contributed by atoms with Crippen LogP contribution in [0.25, 0.3) is 11.0 Å². The van der Waals surface area contributed by atoms with Crippen LogP contribution in [-0.2, 0) is 14.3 Å². The highest BCUT2D eigenvalue weighted by Gasteiger charge is 2.46. The normalized spacial score (nSPS) is 28.2. The molecule has 1 saturated carbocycles. The smallest absolute Gasteiger partial charge is 0.295 e. The maximum absolute atomic E-state index is 13.0. The lowest BCUT2D eigenvalue weighted by Gasteiger charge is -2.39. The van der Waals surface area contributed by atoms with Crippen molar-refractivity contribution < 1.29 is 14.3 Å². The van der Waals surface area contributed by atoms with E-state index in [1.807, 2.05) is 25.1 Å². The molecule has 0 bridgehead atoms. The van der Waals surface area contributed by atoms with Gasteiger partial charge >= 0.3 is 0 Å². The van der Waals surface area contributed by atoms with Crippen LogP contribution in [-0.4, -0.2) is 58.9 Å². The molecular weight excluding hydrogens is 440 g/mol. The van der Waals surface area contributed by atoms with Crippen molar-refractivity contribution in [1.29, 1.82) is 0 Å². The molecule has 2 saturated heterocycles. The van der Waals surface area contributed by atoms with E-state index < -0.39 is 11.8 Å². The Bertz CT molecular complexity index is 1220. The molecule has 3 fully saturated rings. The Hall–Kier alpha value is -3.03. The zero-order chi connectivity index (χ0) is 23.9. The predicted octanol–water partition coefficient (Wildman–Crippen LogP) is 4.21. The van der Waals surface area contributed by atoms with Crippen molar-refractivity contribution in [2.45, 2.75) is 50.6 Å². The van der Waals surface area contributed by atoms with E-state index in [-0.39, 0.29) is 11.8 Å². The van der Waals surface area contributed by atoms with Crippen molar-refractivity contribution in [2.75, 3.05) is 31.2 Å². The Labute approximate surface area is 205 Å². The van der Waals surface area contributed by atoms with Crippen molar-refractivity contribution in [2.24, 2.45) is 5.92 Å². The van der Waals surface area contributed by atoms with Gasteiger partial charge in [-0.2, -0.15) is 0 Å². The molecular formula is C28H32N4O3. The fourth-order valence-corrected chi connectivity index (χ4v) is 6.28. The van der Waals surface area contributed by atoms with Crippen LogP contribution in [0, 0.1) is 5.92 Å². The molecule has 3 aromatic rings. The molecule has 7 heteroatoms. The van der Waals surface area contributed by atoms with Gasteiger partial charge in [0.2, 0.25) is 5.78 Å². The first-order valence-corrected chi connectivity index (χ1v) is 12.8. The second-order valence-electron chi connectivity index (χ2n) is 10.2. The highest BCUT2D eigenvalue weighted by Crippen LogP contribution is 2.41. The summed E-state index contributed by atoms with van der Waals surface area (Å²) in [6.07, 6.45) is 6.51. The van der Waals surface area contributed by atoms with Crippen LogP contribution < -0.4 is 4.90 Å². The highest BCUT2D eigenvalue weighted by molar-refractivity contribution is 6.44. The molecule has 0 radical (unpaired) electrons. The van der Waals surface area contributed by atoms with Gasteiger partial charge in [-0.3, -0.25) is 19.4 Å². The fraction of sp³-hybridized carbons (Fsp3) is 0.464. The van der Waals surface area contributed by atoms with Gasteiger partial charge in [0.05, 0.1) is 36.6 Å². The average Bonchev–Trinajstić information content (AvgIpc) is 3.47. The minimum Gasteiger partial charge on any atom is -0.379 e. The predicted molar refractivity (Wildman–Crippen MR) is 134 cm³/mol. The first kappa shape index (κ1) is 22.4. The summed E-state index contributed by atoms with van der Waals surface area (Å²) in [7, 11) is 0. The quantitative estimate of drug-likeness (QED) is 0.576. The summed E-state index contributed by atoms with van der Waals surface area (Å²) >= 11 is 0. The number of H-pyrrole nitrogens is 1. The van der Waals surface area contributed by atoms with Gasteiger partial charge in [0, 0.05) is 30.7 Å². The number of anilines is 1. The fourth-order valence-electron chi connectivity index (χ4n) is 6.28. The SMILES string of the molecule is CC1C(=O)C(=O)N(c2ccc3nc[nH]c3c2)C1c1ccc(C2CCC(N3CCOCC3)CC2)cc1. The maximum atomic E-state index is 13.0. The monoisotopic (exact) mass is 472 g/mol. The summed E-state index contributed by atoms with van der Waals surface area (Å²) in [6, 6.07) is 14.7. The van der Waals surface area contributed by atoms with Crippen LogP contribution in [0.5, 0.6) is 0 Å². The number of carbonyl (C=O) groups excluding carboxylic acids is 2. The first-order valence-electron chi connectivity index (χ1n) is 12.8. The zero-order valence-electron chi connectivity index (χ0n) is 20.2. The Balaban J connectivity index is 1.20. The minimum atomic E-state index is -0.438. The number of imidazole rings is 1. The minimum absolute atomic E-state index is 0.304. The summed E-state index contributed by atoms with van der Waals surface area (Å²) in [5.41, 5.74) is 4.78. The van der Waals surface area contributed by atoms with E-state index in [0.717, 1.165) is 48.6 Å². The number of Topliss-reactive ketones (excluding diaryl/α,β-unsaturated/α-hetero) is 1. The molecule has 1 aliphatic carbocycles. The van der Waals surface area contributed by atoms with Crippen LogP contribution in [0.15, 0.2) is 48.8 Å². The highest BCUT2D eigenvalue weighted by atomic mass is 16.5. The van der Waals surface area contributed by atoms with Gasteiger partial charge in [-0.05, 0) is 60.9 Å². The van der Waals surface area contributed by atoms with Gasteiger partial charge < -0.3 is 9.72 Å². The molecule has 1 N–H and O–H groups in total. The van der Waals surface area contributed by atoms with Crippen molar-refractivity contribution in [3.05, 3.63) is 59.9 Å². The summed E-state index contributed by atoms with van der Waals surface area (Å²) < 4.78 is 5.51. The molecule has 0 spiro atoms. The molecule has 2 unspecified atom stereocenters. The molecule has 7 nitrogen and oxygen atoms in total. The van der Waals surface area contributed by atoms with Gasteiger partial charge in [-0.1, -0.05) is 31.2 Å². The van der Waals surface area contributed by atoms with E-state index in [9.17, 15) is 9.59 Å². The molecule has 2 atom stereocenters. The number of benzene rings is 2. The van der Waals surface area contributed by atoms with Crippen LogP contribution in [0.2, 0.25) is 0 Å². The van der Waals surface area contributed by atoms with Crippen molar-refractivity contribution in [3.63, 3.8) is 0 Å². The van der Waals surface area contributed by atoms with Crippen LogP contribution >= 0.6 is 0 Å². The third-order valence-corrected chi connectivity index (χ3v) is 8.29. The van der Waals surface area contributed by atoms with Gasteiger partial charge in [-0.15, -0.1) is 0 Å². The number of nitrogens with zero attached hydrogens (tertiary/aromatic N) is 3. The molecule has 3 heterocycles. The Morgan fingerprint density at radius 1 is 0.943 bits per heavy atom. The van der Waals surface area contributed by atoms with Crippen molar-refractivity contribution in [1.82, 2.24) is 14.9 Å². The van der Waals surface area contributed by atoms with Gasteiger partial charge in [0.1, 0.15) is 0 Å².